The van der Waals surface area contributed by atoms with Gasteiger partial charge >= 0.3 is 0 Å². The number of halogens is 1. The van der Waals surface area contributed by atoms with E-state index in [9.17, 15) is 4.79 Å². The number of rotatable bonds is 9. The molecule has 0 saturated heterocycles. The Morgan fingerprint density at radius 1 is 1.12 bits per heavy atom. The number of ether oxygens (including phenoxy) is 1. The third-order valence-corrected chi connectivity index (χ3v) is 7.36. The highest BCUT2D eigenvalue weighted by Crippen LogP contribution is 2.29. The van der Waals surface area contributed by atoms with E-state index in [0.29, 0.717) is 12.4 Å². The first-order chi connectivity index (χ1) is 16.6. The van der Waals surface area contributed by atoms with Gasteiger partial charge in [-0.2, -0.15) is 5.10 Å². The van der Waals surface area contributed by atoms with Crippen molar-refractivity contribution < 1.29 is 9.53 Å². The summed E-state index contributed by atoms with van der Waals surface area (Å²) >= 11 is 6.26. The molecule has 1 heterocycles. The third kappa shape index (κ3) is 6.75. The van der Waals surface area contributed by atoms with E-state index in [0.717, 1.165) is 30.5 Å². The number of hydrazone groups is 1. The molecule has 0 atom stereocenters. The number of thioether (sulfide) groups is 1. The Bertz CT molecular complexity index is 1300. The number of carbonyl (C=O) groups excluding carboxylic acids is 1. The fourth-order valence-electron chi connectivity index (χ4n) is 2.98. The van der Waals surface area contributed by atoms with Gasteiger partial charge in [0.05, 0.1) is 12.0 Å². The molecule has 0 saturated carbocycles. The molecule has 0 spiro atoms. The molecule has 0 bridgehead atoms. The zero-order valence-electron chi connectivity index (χ0n) is 18.3. The van der Waals surface area contributed by atoms with E-state index in [-0.39, 0.29) is 11.7 Å². The molecule has 1 amide bonds. The number of aromatic nitrogens is 2. The van der Waals surface area contributed by atoms with Crippen LogP contribution in [0.4, 0.5) is 0 Å². The molecule has 0 aliphatic carbocycles. The molecule has 0 aliphatic heterocycles. The minimum absolute atomic E-state index is 0.190. The van der Waals surface area contributed by atoms with Gasteiger partial charge in [0.1, 0.15) is 17.4 Å². The molecule has 0 fully saturated rings. The fourth-order valence-corrected chi connectivity index (χ4v) is 5.01. The highest BCUT2D eigenvalue weighted by atomic mass is 79.9. The van der Waals surface area contributed by atoms with E-state index in [1.54, 1.807) is 6.21 Å². The highest BCUT2D eigenvalue weighted by Gasteiger charge is 2.10. The van der Waals surface area contributed by atoms with E-state index in [1.165, 1.54) is 28.7 Å². The van der Waals surface area contributed by atoms with Crippen LogP contribution in [0.5, 0.6) is 5.75 Å². The number of aryl methyl sites for hydroxylation is 1. The molecule has 0 radical (unpaired) electrons. The minimum Gasteiger partial charge on any atom is -0.488 e. The Kier molecular flexibility index (Phi) is 8.46. The average Bonchev–Trinajstić information content (AvgIpc) is 3.33. The second-order valence-electron chi connectivity index (χ2n) is 7.22. The van der Waals surface area contributed by atoms with Gasteiger partial charge in [0.2, 0.25) is 0 Å². The lowest BCUT2D eigenvalue weighted by Crippen LogP contribution is -2.19. The van der Waals surface area contributed by atoms with Crippen molar-refractivity contribution in [2.24, 2.45) is 5.10 Å². The molecule has 4 aromatic rings. The summed E-state index contributed by atoms with van der Waals surface area (Å²) in [5.41, 5.74) is 6.62. The first kappa shape index (κ1) is 24.1. The van der Waals surface area contributed by atoms with Crippen LogP contribution >= 0.6 is 39.0 Å². The molecule has 1 N–H and O–H groups in total. The van der Waals surface area contributed by atoms with Gasteiger partial charge in [0.25, 0.3) is 5.91 Å². The SMILES string of the molecule is Cc1ccccc1COc1ccc(Br)cc1C=NNC(=O)CSc1nnc(-c2ccccc2)s1. The number of hydrogen-bond acceptors (Lipinski definition) is 7. The summed E-state index contributed by atoms with van der Waals surface area (Å²) in [7, 11) is 0. The van der Waals surface area contributed by atoms with E-state index < -0.39 is 0 Å². The van der Waals surface area contributed by atoms with Crippen LogP contribution in [0.2, 0.25) is 0 Å². The van der Waals surface area contributed by atoms with Crippen LogP contribution in [-0.2, 0) is 11.4 Å². The van der Waals surface area contributed by atoms with Crippen LogP contribution in [0.25, 0.3) is 10.6 Å². The van der Waals surface area contributed by atoms with E-state index >= 15 is 0 Å². The van der Waals surface area contributed by atoms with Gasteiger partial charge in [-0.15, -0.1) is 10.2 Å². The summed E-state index contributed by atoms with van der Waals surface area (Å²) in [4.78, 5) is 12.3. The van der Waals surface area contributed by atoms with Crippen LogP contribution in [-0.4, -0.2) is 28.1 Å². The van der Waals surface area contributed by atoms with E-state index in [2.05, 4.69) is 49.6 Å². The number of benzene rings is 3. The molecule has 34 heavy (non-hydrogen) atoms. The fraction of sp³-hybridized carbons (Fsp3) is 0.120. The van der Waals surface area contributed by atoms with Crippen molar-refractivity contribution in [1.82, 2.24) is 15.6 Å². The van der Waals surface area contributed by atoms with Gasteiger partial charge in [-0.3, -0.25) is 4.79 Å². The van der Waals surface area contributed by atoms with E-state index in [4.69, 9.17) is 4.74 Å². The predicted octanol–water partition coefficient (Wildman–Crippen LogP) is 6.10. The van der Waals surface area contributed by atoms with Crippen LogP contribution in [0.3, 0.4) is 0 Å². The van der Waals surface area contributed by atoms with Crippen LogP contribution < -0.4 is 10.2 Å². The third-order valence-electron chi connectivity index (χ3n) is 4.76. The molecule has 4 rings (SSSR count). The zero-order chi connectivity index (χ0) is 23.8. The van der Waals surface area contributed by atoms with Crippen molar-refractivity contribution in [1.29, 1.82) is 0 Å². The van der Waals surface area contributed by atoms with Gasteiger partial charge in [-0.25, -0.2) is 5.43 Å². The van der Waals surface area contributed by atoms with Crippen molar-refractivity contribution in [3.8, 4) is 16.3 Å². The van der Waals surface area contributed by atoms with Crippen molar-refractivity contribution in [3.05, 3.63) is 94.0 Å². The normalized spacial score (nSPS) is 11.0. The summed E-state index contributed by atoms with van der Waals surface area (Å²) in [6.45, 7) is 2.51. The Balaban J connectivity index is 1.31. The number of nitrogens with one attached hydrogen (secondary N) is 1. The lowest BCUT2D eigenvalue weighted by molar-refractivity contribution is -0.118. The number of hydrogen-bond donors (Lipinski definition) is 1. The topological polar surface area (TPSA) is 76.5 Å². The first-order valence-electron chi connectivity index (χ1n) is 10.4. The molecule has 3 aromatic carbocycles. The van der Waals surface area contributed by atoms with E-state index in [1.807, 2.05) is 66.7 Å². The average molecular weight is 554 g/mol. The minimum atomic E-state index is -0.227. The lowest BCUT2D eigenvalue weighted by atomic mass is 10.1. The van der Waals surface area contributed by atoms with Gasteiger partial charge in [-0.1, -0.05) is 93.6 Å². The molecule has 0 aliphatic rings. The monoisotopic (exact) mass is 552 g/mol. The van der Waals surface area contributed by atoms with Crippen LogP contribution in [0, 0.1) is 6.92 Å². The smallest absolute Gasteiger partial charge is 0.250 e. The molecule has 6 nitrogen and oxygen atoms in total. The highest BCUT2D eigenvalue weighted by molar-refractivity contribution is 9.10. The zero-order valence-corrected chi connectivity index (χ0v) is 21.5. The maximum Gasteiger partial charge on any atom is 0.250 e. The Morgan fingerprint density at radius 2 is 1.91 bits per heavy atom. The summed E-state index contributed by atoms with van der Waals surface area (Å²) in [6.07, 6.45) is 1.58. The molecule has 9 heteroatoms. The number of carbonyl (C=O) groups is 1. The standard InChI is InChI=1S/C25H21BrN4O2S2/c1-17-7-5-6-10-19(17)15-32-22-12-11-21(26)13-20(22)14-27-28-23(31)16-33-25-30-29-24(34-25)18-8-3-2-4-9-18/h2-14H,15-16H2,1H3,(H,28,31). The Morgan fingerprint density at radius 3 is 2.74 bits per heavy atom. The summed E-state index contributed by atoms with van der Waals surface area (Å²) in [6, 6.07) is 23.6. The van der Waals surface area contributed by atoms with Crippen LogP contribution in [0.1, 0.15) is 16.7 Å². The van der Waals surface area contributed by atoms with Gasteiger partial charge in [-0.05, 0) is 36.2 Å². The van der Waals surface area contributed by atoms with Crippen LogP contribution in [0.15, 0.2) is 86.7 Å². The number of nitrogens with zero attached hydrogens (tertiary/aromatic N) is 3. The van der Waals surface area contributed by atoms with Gasteiger partial charge in [0.15, 0.2) is 4.34 Å². The van der Waals surface area contributed by atoms with Gasteiger partial charge in [0, 0.05) is 15.6 Å². The quantitative estimate of drug-likeness (QED) is 0.154. The maximum atomic E-state index is 12.3. The molecule has 172 valence electrons. The molecule has 1 aromatic heterocycles. The van der Waals surface area contributed by atoms with Crippen molar-refractivity contribution in [2.45, 2.75) is 17.9 Å². The largest absolute Gasteiger partial charge is 0.488 e. The van der Waals surface area contributed by atoms with Crippen molar-refractivity contribution >= 4 is 51.2 Å². The lowest BCUT2D eigenvalue weighted by Gasteiger charge is -2.11. The predicted molar refractivity (Wildman–Crippen MR) is 141 cm³/mol. The summed E-state index contributed by atoms with van der Waals surface area (Å²) < 4.78 is 7.64. The molecular formula is C25H21BrN4O2S2. The van der Waals surface area contributed by atoms with Gasteiger partial charge < -0.3 is 4.74 Å². The van der Waals surface area contributed by atoms with Crippen molar-refractivity contribution in [3.63, 3.8) is 0 Å². The molecular weight excluding hydrogens is 532 g/mol. The summed E-state index contributed by atoms with van der Waals surface area (Å²) in [5, 5.41) is 13.3. The Labute approximate surface area is 214 Å². The second kappa shape index (κ2) is 11.9. The second-order valence-corrected chi connectivity index (χ2v) is 10.3. The maximum absolute atomic E-state index is 12.3. The first-order valence-corrected chi connectivity index (χ1v) is 13.0. The Hall–Kier alpha value is -3.01. The molecule has 0 unspecified atom stereocenters. The number of amides is 1. The summed E-state index contributed by atoms with van der Waals surface area (Å²) in [5.74, 6) is 0.645. The van der Waals surface area contributed by atoms with Crippen molar-refractivity contribution in [2.75, 3.05) is 5.75 Å².